The van der Waals surface area contributed by atoms with Gasteiger partial charge in [-0.1, -0.05) is 48.5 Å². The molecule has 0 saturated carbocycles. The molecule has 1 aliphatic heterocycles. The minimum atomic E-state index is -0.768. The molecule has 5 rings (SSSR count). The van der Waals surface area contributed by atoms with Crippen molar-refractivity contribution >= 4 is 39.3 Å². The number of benzene rings is 3. The molecule has 0 spiro atoms. The number of anilines is 1. The molecule has 1 aromatic heterocycles. The van der Waals surface area contributed by atoms with Crippen molar-refractivity contribution in [3.63, 3.8) is 0 Å². The third-order valence-corrected chi connectivity index (χ3v) is 6.52. The lowest BCUT2D eigenvalue weighted by molar-refractivity contribution is -0.129. The monoisotopic (exact) mass is 441 g/mol. The fourth-order valence-corrected chi connectivity index (χ4v) is 4.83. The Morgan fingerprint density at radius 1 is 1.03 bits per heavy atom. The molecule has 2 unspecified atom stereocenters. The van der Waals surface area contributed by atoms with Gasteiger partial charge in [-0.3, -0.25) is 9.59 Å². The summed E-state index contributed by atoms with van der Waals surface area (Å²) >= 11 is 0. The van der Waals surface area contributed by atoms with Gasteiger partial charge >= 0.3 is 0 Å². The standard InChI is InChI=1S/C27H27N3O3/c1-2-30-23-11-7-6-10-21(23)22-15-20(12-13-24(22)30)28-27(33)19-14-26(32)29(16-19)17-25(31)18-8-4-3-5-9-18/h3-13,15,19,25,31H,2,14,16-17H2,1H3,(H,28,33). The molecule has 0 aliphatic carbocycles. The molecule has 4 aromatic rings. The van der Waals surface area contributed by atoms with Gasteiger partial charge in [0.15, 0.2) is 0 Å². The number of fused-ring (bicyclic) bond motifs is 3. The van der Waals surface area contributed by atoms with Crippen LogP contribution in [-0.2, 0) is 16.1 Å². The summed E-state index contributed by atoms with van der Waals surface area (Å²) in [5, 5.41) is 15.7. The van der Waals surface area contributed by atoms with Crippen LogP contribution < -0.4 is 5.32 Å². The molecule has 1 saturated heterocycles. The summed E-state index contributed by atoms with van der Waals surface area (Å²) in [6.45, 7) is 3.49. The Kier molecular flexibility index (Phi) is 5.60. The Labute approximate surface area is 192 Å². The van der Waals surface area contributed by atoms with Gasteiger partial charge in [-0.25, -0.2) is 0 Å². The number of aryl methyl sites for hydroxylation is 1. The molecule has 6 heteroatoms. The second-order valence-electron chi connectivity index (χ2n) is 8.61. The second-order valence-corrected chi connectivity index (χ2v) is 8.61. The average molecular weight is 442 g/mol. The van der Waals surface area contributed by atoms with Gasteiger partial charge in [0.2, 0.25) is 11.8 Å². The molecule has 0 radical (unpaired) electrons. The van der Waals surface area contributed by atoms with Gasteiger partial charge < -0.3 is 19.9 Å². The van der Waals surface area contributed by atoms with Crippen molar-refractivity contribution in [2.45, 2.75) is 26.0 Å². The molecule has 33 heavy (non-hydrogen) atoms. The van der Waals surface area contributed by atoms with Crippen molar-refractivity contribution in [1.29, 1.82) is 0 Å². The number of hydrogen-bond acceptors (Lipinski definition) is 3. The first kappa shape index (κ1) is 21.2. The van der Waals surface area contributed by atoms with Crippen molar-refractivity contribution in [2.24, 2.45) is 5.92 Å². The van der Waals surface area contributed by atoms with Crippen LogP contribution >= 0.6 is 0 Å². The SMILES string of the molecule is CCn1c2ccccc2c2cc(NC(=O)C3CC(=O)N(CC(O)c4ccccc4)C3)ccc21. The van der Waals surface area contributed by atoms with E-state index in [0.29, 0.717) is 6.54 Å². The van der Waals surface area contributed by atoms with Crippen LogP contribution in [0.3, 0.4) is 0 Å². The smallest absolute Gasteiger partial charge is 0.229 e. The van der Waals surface area contributed by atoms with Crippen molar-refractivity contribution in [2.75, 3.05) is 18.4 Å². The zero-order valence-electron chi connectivity index (χ0n) is 18.6. The van der Waals surface area contributed by atoms with Gasteiger partial charge in [0, 0.05) is 47.0 Å². The summed E-state index contributed by atoms with van der Waals surface area (Å²) in [6, 6.07) is 23.5. The maximum absolute atomic E-state index is 13.0. The Bertz CT molecular complexity index is 1330. The van der Waals surface area contributed by atoms with E-state index in [9.17, 15) is 14.7 Å². The Hall–Kier alpha value is -3.64. The van der Waals surface area contributed by atoms with E-state index in [4.69, 9.17) is 0 Å². The Morgan fingerprint density at radius 2 is 1.76 bits per heavy atom. The second kappa shape index (κ2) is 8.71. The maximum atomic E-state index is 13.0. The maximum Gasteiger partial charge on any atom is 0.229 e. The summed E-state index contributed by atoms with van der Waals surface area (Å²) in [4.78, 5) is 27.0. The molecule has 2 atom stereocenters. The van der Waals surface area contributed by atoms with E-state index in [1.54, 1.807) is 4.90 Å². The largest absolute Gasteiger partial charge is 0.387 e. The molecule has 1 aliphatic rings. The molecule has 2 amide bonds. The van der Waals surface area contributed by atoms with E-state index in [-0.39, 0.29) is 24.8 Å². The normalized spacial score (nSPS) is 17.1. The summed E-state index contributed by atoms with van der Waals surface area (Å²) in [5.74, 6) is -0.710. The first-order chi connectivity index (χ1) is 16.0. The highest BCUT2D eigenvalue weighted by Crippen LogP contribution is 2.31. The molecule has 1 fully saturated rings. The van der Waals surface area contributed by atoms with Gasteiger partial charge in [0.05, 0.1) is 18.6 Å². The number of nitrogens with one attached hydrogen (secondary N) is 1. The predicted octanol–water partition coefficient (Wildman–Crippen LogP) is 4.34. The minimum absolute atomic E-state index is 0.105. The molecule has 6 nitrogen and oxygen atoms in total. The quantitative estimate of drug-likeness (QED) is 0.468. The molecular formula is C27H27N3O3. The summed E-state index contributed by atoms with van der Waals surface area (Å²) in [6.07, 6.45) is -0.611. The van der Waals surface area contributed by atoms with E-state index in [1.807, 2.05) is 60.7 Å². The highest BCUT2D eigenvalue weighted by molar-refractivity contribution is 6.10. The van der Waals surface area contributed by atoms with E-state index >= 15 is 0 Å². The van der Waals surface area contributed by atoms with Crippen LogP contribution in [0.4, 0.5) is 5.69 Å². The van der Waals surface area contributed by atoms with Crippen LogP contribution in [0, 0.1) is 5.92 Å². The third-order valence-electron chi connectivity index (χ3n) is 6.52. The molecule has 2 heterocycles. The Morgan fingerprint density at radius 3 is 2.55 bits per heavy atom. The van der Waals surface area contributed by atoms with Gasteiger partial charge in [-0.15, -0.1) is 0 Å². The number of amides is 2. The van der Waals surface area contributed by atoms with Gasteiger partial charge in [-0.2, -0.15) is 0 Å². The molecular weight excluding hydrogens is 414 g/mol. The zero-order chi connectivity index (χ0) is 22.9. The van der Waals surface area contributed by atoms with E-state index in [0.717, 1.165) is 34.1 Å². The number of aromatic nitrogens is 1. The summed E-state index contributed by atoms with van der Waals surface area (Å²) in [5.41, 5.74) is 3.79. The Balaban J connectivity index is 1.30. The highest BCUT2D eigenvalue weighted by atomic mass is 16.3. The first-order valence-corrected chi connectivity index (χ1v) is 11.4. The van der Waals surface area contributed by atoms with E-state index < -0.39 is 12.0 Å². The summed E-state index contributed by atoms with van der Waals surface area (Å²) < 4.78 is 2.27. The number of aliphatic hydroxyl groups excluding tert-OH is 1. The average Bonchev–Trinajstić information content (AvgIpc) is 3.36. The third kappa shape index (κ3) is 3.98. The van der Waals surface area contributed by atoms with Crippen LogP contribution in [-0.4, -0.2) is 39.5 Å². The van der Waals surface area contributed by atoms with E-state index in [2.05, 4.69) is 28.9 Å². The van der Waals surface area contributed by atoms with Crippen molar-refractivity contribution in [1.82, 2.24) is 9.47 Å². The topological polar surface area (TPSA) is 74.6 Å². The van der Waals surface area contributed by atoms with Crippen molar-refractivity contribution < 1.29 is 14.7 Å². The molecule has 2 N–H and O–H groups in total. The molecule has 168 valence electrons. The first-order valence-electron chi connectivity index (χ1n) is 11.4. The highest BCUT2D eigenvalue weighted by Gasteiger charge is 2.35. The lowest BCUT2D eigenvalue weighted by Gasteiger charge is -2.20. The van der Waals surface area contributed by atoms with Crippen LogP contribution in [0.25, 0.3) is 21.8 Å². The fraction of sp³-hybridized carbons (Fsp3) is 0.259. The van der Waals surface area contributed by atoms with Crippen LogP contribution in [0.5, 0.6) is 0 Å². The number of para-hydroxylation sites is 1. The van der Waals surface area contributed by atoms with Gasteiger partial charge in [0.1, 0.15) is 0 Å². The fourth-order valence-electron chi connectivity index (χ4n) is 4.83. The lowest BCUT2D eigenvalue weighted by atomic mass is 10.1. The van der Waals surface area contributed by atoms with Crippen molar-refractivity contribution in [3.05, 3.63) is 78.4 Å². The number of carbonyl (C=O) groups excluding carboxylic acids is 2. The summed E-state index contributed by atoms with van der Waals surface area (Å²) in [7, 11) is 0. The zero-order valence-corrected chi connectivity index (χ0v) is 18.6. The number of rotatable bonds is 6. The molecule has 3 aromatic carbocycles. The lowest BCUT2D eigenvalue weighted by Crippen LogP contribution is -2.31. The van der Waals surface area contributed by atoms with Gasteiger partial charge in [0.25, 0.3) is 0 Å². The van der Waals surface area contributed by atoms with Crippen LogP contribution in [0.1, 0.15) is 25.0 Å². The number of carbonyl (C=O) groups is 2. The number of hydrogen-bond donors (Lipinski definition) is 2. The number of aliphatic hydroxyl groups is 1. The molecule has 0 bridgehead atoms. The minimum Gasteiger partial charge on any atom is -0.387 e. The van der Waals surface area contributed by atoms with Gasteiger partial charge in [-0.05, 0) is 36.8 Å². The van der Waals surface area contributed by atoms with Crippen molar-refractivity contribution in [3.8, 4) is 0 Å². The predicted molar refractivity (Wildman–Crippen MR) is 130 cm³/mol. The van der Waals surface area contributed by atoms with E-state index in [1.165, 1.54) is 5.52 Å². The number of nitrogens with zero attached hydrogens (tertiary/aromatic N) is 2. The van der Waals surface area contributed by atoms with Crippen LogP contribution in [0.15, 0.2) is 72.8 Å². The number of β-amino-alcohol motifs (C(OH)–C–C–N with tert-alkyl or cyclic N) is 1. The number of likely N-dealkylation sites (tertiary alicyclic amines) is 1. The van der Waals surface area contributed by atoms with Crippen LogP contribution in [0.2, 0.25) is 0 Å².